The van der Waals surface area contributed by atoms with Crippen LogP contribution in [-0.4, -0.2) is 33.3 Å². The zero-order valence-electron chi connectivity index (χ0n) is 13.4. The second kappa shape index (κ2) is 4.89. The maximum atomic E-state index is 14.5. The summed E-state index contributed by atoms with van der Waals surface area (Å²) in [4.78, 5) is 0. The third-order valence-electron chi connectivity index (χ3n) is 4.46. The summed E-state index contributed by atoms with van der Waals surface area (Å²) in [6.45, 7) is 9.63. The van der Waals surface area contributed by atoms with E-state index in [0.717, 1.165) is 5.69 Å². The Morgan fingerprint density at radius 2 is 1.77 bits per heavy atom. The molecule has 1 aliphatic rings. The van der Waals surface area contributed by atoms with Crippen LogP contribution < -0.4 is 5.46 Å². The molecule has 5 nitrogen and oxygen atoms in total. The lowest BCUT2D eigenvalue weighted by molar-refractivity contribution is 0.00578. The number of halogens is 1. The molecule has 0 spiro atoms. The second-order valence-corrected chi connectivity index (χ2v) is 6.58. The normalized spacial score (nSPS) is 19.6. The van der Waals surface area contributed by atoms with Gasteiger partial charge >= 0.3 is 7.12 Å². The van der Waals surface area contributed by atoms with Gasteiger partial charge in [0, 0.05) is 5.46 Å². The topological polar surface area (TPSA) is 49.2 Å². The van der Waals surface area contributed by atoms with Gasteiger partial charge in [0.15, 0.2) is 0 Å². The van der Waals surface area contributed by atoms with E-state index in [4.69, 9.17) is 9.31 Å². The third kappa shape index (κ3) is 2.34. The summed E-state index contributed by atoms with van der Waals surface area (Å²) in [6.07, 6.45) is 1.63. The summed E-state index contributed by atoms with van der Waals surface area (Å²) in [6, 6.07) is 4.88. The molecule has 0 N–H and O–H groups in total. The Labute approximate surface area is 129 Å². The standard InChI is InChI=1S/C15H19BFN3O2/c1-10-9-18-19-20(10)11-6-7-12(13(17)8-11)16-21-14(2,3)15(4,5)22-16/h6-9H,1-5H3. The average Bonchev–Trinajstić information content (AvgIpc) is 2.91. The Hall–Kier alpha value is -1.73. The van der Waals surface area contributed by atoms with E-state index in [2.05, 4.69) is 10.3 Å². The Morgan fingerprint density at radius 3 is 2.27 bits per heavy atom. The van der Waals surface area contributed by atoms with Crippen molar-refractivity contribution in [2.75, 3.05) is 0 Å². The first-order valence-electron chi connectivity index (χ1n) is 7.24. The lowest BCUT2D eigenvalue weighted by atomic mass is 9.78. The molecule has 0 atom stereocenters. The van der Waals surface area contributed by atoms with E-state index in [0.29, 0.717) is 11.2 Å². The predicted octanol–water partition coefficient (Wildman–Crippen LogP) is 2.01. The third-order valence-corrected chi connectivity index (χ3v) is 4.46. The molecule has 0 radical (unpaired) electrons. The minimum absolute atomic E-state index is 0.383. The lowest BCUT2D eigenvalue weighted by Gasteiger charge is -2.32. The van der Waals surface area contributed by atoms with E-state index in [1.54, 1.807) is 23.0 Å². The largest absolute Gasteiger partial charge is 0.497 e. The molecule has 22 heavy (non-hydrogen) atoms. The van der Waals surface area contributed by atoms with Crippen LogP contribution in [0, 0.1) is 12.7 Å². The molecule has 1 aromatic heterocycles. The van der Waals surface area contributed by atoms with Crippen LogP contribution in [0.15, 0.2) is 24.4 Å². The van der Waals surface area contributed by atoms with E-state index in [1.165, 1.54) is 6.07 Å². The van der Waals surface area contributed by atoms with Crippen molar-refractivity contribution in [2.24, 2.45) is 0 Å². The molecule has 0 saturated carbocycles. The summed E-state index contributed by atoms with van der Waals surface area (Å²) in [7, 11) is -0.712. The zero-order chi connectivity index (χ0) is 16.1. The Bertz CT molecular complexity index is 699. The van der Waals surface area contributed by atoms with Crippen molar-refractivity contribution in [2.45, 2.75) is 45.8 Å². The molecule has 1 saturated heterocycles. The van der Waals surface area contributed by atoms with Crippen LogP contribution in [0.5, 0.6) is 0 Å². The first-order chi connectivity index (χ1) is 10.2. The van der Waals surface area contributed by atoms with Crippen molar-refractivity contribution < 1.29 is 13.7 Å². The lowest BCUT2D eigenvalue weighted by Crippen LogP contribution is -2.41. The summed E-state index contributed by atoms with van der Waals surface area (Å²) in [5.74, 6) is -0.383. The summed E-state index contributed by atoms with van der Waals surface area (Å²) in [5, 5.41) is 7.74. The second-order valence-electron chi connectivity index (χ2n) is 6.58. The zero-order valence-corrected chi connectivity index (χ0v) is 13.4. The van der Waals surface area contributed by atoms with Gasteiger partial charge in [-0.05, 0) is 46.8 Å². The first kappa shape index (κ1) is 15.2. The molecule has 2 heterocycles. The highest BCUT2D eigenvalue weighted by Gasteiger charge is 2.52. The van der Waals surface area contributed by atoms with Gasteiger partial charge in [-0.1, -0.05) is 11.3 Å². The van der Waals surface area contributed by atoms with Gasteiger partial charge in [-0.15, -0.1) is 5.10 Å². The van der Waals surface area contributed by atoms with Gasteiger partial charge < -0.3 is 9.31 Å². The van der Waals surface area contributed by atoms with Crippen LogP contribution in [0.2, 0.25) is 0 Å². The van der Waals surface area contributed by atoms with E-state index in [-0.39, 0.29) is 5.82 Å². The van der Waals surface area contributed by atoms with Gasteiger partial charge in [-0.2, -0.15) is 0 Å². The minimum Gasteiger partial charge on any atom is -0.399 e. The maximum absolute atomic E-state index is 14.5. The fraction of sp³-hybridized carbons (Fsp3) is 0.467. The van der Waals surface area contributed by atoms with Gasteiger partial charge in [-0.25, -0.2) is 9.07 Å². The molecular formula is C15H19BFN3O2. The van der Waals surface area contributed by atoms with Crippen molar-refractivity contribution in [3.05, 3.63) is 35.9 Å². The van der Waals surface area contributed by atoms with Crippen LogP contribution >= 0.6 is 0 Å². The smallest absolute Gasteiger partial charge is 0.399 e. The summed E-state index contributed by atoms with van der Waals surface area (Å²) < 4.78 is 27.9. The molecule has 116 valence electrons. The summed E-state index contributed by atoms with van der Waals surface area (Å²) in [5.41, 5.74) is 0.854. The van der Waals surface area contributed by atoms with Gasteiger partial charge in [0.2, 0.25) is 0 Å². The maximum Gasteiger partial charge on any atom is 0.497 e. The number of benzene rings is 1. The van der Waals surface area contributed by atoms with Gasteiger partial charge in [0.1, 0.15) is 5.82 Å². The molecule has 7 heteroatoms. The predicted molar refractivity (Wildman–Crippen MR) is 81.8 cm³/mol. The molecular weight excluding hydrogens is 284 g/mol. The van der Waals surface area contributed by atoms with Crippen molar-refractivity contribution in [3.63, 3.8) is 0 Å². The molecule has 0 amide bonds. The molecule has 1 aliphatic heterocycles. The van der Waals surface area contributed by atoms with Crippen molar-refractivity contribution >= 4 is 12.6 Å². The summed E-state index contributed by atoms with van der Waals surface area (Å²) >= 11 is 0. The molecule has 0 bridgehead atoms. The molecule has 0 unspecified atom stereocenters. The van der Waals surface area contributed by atoms with Crippen molar-refractivity contribution in [3.8, 4) is 5.69 Å². The number of nitrogens with zero attached hydrogens (tertiary/aromatic N) is 3. The highest BCUT2D eigenvalue weighted by molar-refractivity contribution is 6.62. The number of rotatable bonds is 2. The van der Waals surface area contributed by atoms with E-state index in [1.807, 2.05) is 34.6 Å². The Balaban J connectivity index is 1.93. The fourth-order valence-electron chi connectivity index (χ4n) is 2.35. The van der Waals surface area contributed by atoms with Crippen molar-refractivity contribution in [1.29, 1.82) is 0 Å². The van der Waals surface area contributed by atoms with Crippen LogP contribution in [0.25, 0.3) is 5.69 Å². The number of hydrogen-bond acceptors (Lipinski definition) is 4. The van der Waals surface area contributed by atoms with Crippen molar-refractivity contribution in [1.82, 2.24) is 15.0 Å². The molecule has 2 aromatic rings. The van der Waals surface area contributed by atoms with Crippen LogP contribution in [0.3, 0.4) is 0 Å². The van der Waals surface area contributed by atoms with Crippen LogP contribution in [0.4, 0.5) is 4.39 Å². The van der Waals surface area contributed by atoms with Gasteiger partial charge in [0.25, 0.3) is 0 Å². The van der Waals surface area contributed by atoms with E-state index >= 15 is 0 Å². The fourth-order valence-corrected chi connectivity index (χ4v) is 2.35. The minimum atomic E-state index is -0.712. The SMILES string of the molecule is Cc1cnnn1-c1ccc(B2OC(C)(C)C(C)(C)O2)c(F)c1. The highest BCUT2D eigenvalue weighted by Crippen LogP contribution is 2.36. The van der Waals surface area contributed by atoms with Crippen LogP contribution in [0.1, 0.15) is 33.4 Å². The Kier molecular flexibility index (Phi) is 3.38. The molecule has 3 rings (SSSR count). The highest BCUT2D eigenvalue weighted by atomic mass is 19.1. The average molecular weight is 303 g/mol. The van der Waals surface area contributed by atoms with E-state index < -0.39 is 18.3 Å². The monoisotopic (exact) mass is 303 g/mol. The number of aryl methyl sites for hydroxylation is 1. The van der Waals surface area contributed by atoms with Crippen LogP contribution in [-0.2, 0) is 9.31 Å². The number of aromatic nitrogens is 3. The molecule has 0 aliphatic carbocycles. The molecule has 1 fully saturated rings. The van der Waals surface area contributed by atoms with E-state index in [9.17, 15) is 4.39 Å². The number of hydrogen-bond donors (Lipinski definition) is 0. The van der Waals surface area contributed by atoms with Gasteiger partial charge in [0.05, 0.1) is 28.8 Å². The quantitative estimate of drug-likeness (QED) is 0.796. The Morgan fingerprint density at radius 1 is 1.14 bits per heavy atom. The van der Waals surface area contributed by atoms with Gasteiger partial charge in [-0.3, -0.25) is 0 Å². The first-order valence-corrected chi connectivity index (χ1v) is 7.24. The molecule has 1 aromatic carbocycles.